The Morgan fingerprint density at radius 3 is 1.71 bits per heavy atom. The summed E-state index contributed by atoms with van der Waals surface area (Å²) in [5.74, 6) is 0.830. The van der Waals surface area contributed by atoms with Gasteiger partial charge in [0.1, 0.15) is 0 Å². The molecule has 0 bridgehead atoms. The van der Waals surface area contributed by atoms with Gasteiger partial charge >= 0.3 is 0 Å². The normalized spacial score (nSPS) is 11.3. The highest BCUT2D eigenvalue weighted by molar-refractivity contribution is 5.55. The van der Waals surface area contributed by atoms with Crippen LogP contribution in [0.25, 0.3) is 11.4 Å². The van der Waals surface area contributed by atoms with Crippen LogP contribution in [-0.4, -0.2) is 36.4 Å². The molecule has 0 aliphatic heterocycles. The maximum atomic E-state index is 5.56. The zero-order chi connectivity index (χ0) is 24.8. The summed E-state index contributed by atoms with van der Waals surface area (Å²) >= 11 is 0. The number of aromatic nitrogens is 2. The Balaban J connectivity index is 1.54. The quantitative estimate of drug-likeness (QED) is 0.158. The summed E-state index contributed by atoms with van der Waals surface area (Å²) in [7, 11) is 0. The van der Waals surface area contributed by atoms with Crippen LogP contribution in [0.15, 0.2) is 36.7 Å². The maximum Gasteiger partial charge on any atom is 0.159 e. The first-order valence-corrected chi connectivity index (χ1v) is 14.4. The van der Waals surface area contributed by atoms with Crippen molar-refractivity contribution in [1.82, 2.24) is 9.97 Å². The predicted molar refractivity (Wildman–Crippen MR) is 148 cm³/mol. The topological polar surface area (TPSA) is 44.2 Å². The van der Waals surface area contributed by atoms with Crippen molar-refractivity contribution in [3.05, 3.63) is 47.8 Å². The van der Waals surface area contributed by atoms with E-state index in [1.54, 1.807) is 0 Å². The van der Waals surface area contributed by atoms with Crippen molar-refractivity contribution in [3.8, 4) is 11.4 Å². The summed E-state index contributed by atoms with van der Waals surface area (Å²) in [4.78, 5) is 9.26. The fraction of sp³-hybridized carbons (Fsp3) is 0.677. The van der Waals surface area contributed by atoms with E-state index in [9.17, 15) is 0 Å². The first-order chi connectivity index (χ1) is 17.3. The summed E-state index contributed by atoms with van der Waals surface area (Å²) in [5.41, 5.74) is 3.77. The lowest BCUT2D eigenvalue weighted by atomic mass is 10.0. The van der Waals surface area contributed by atoms with Crippen LogP contribution in [0, 0.1) is 0 Å². The summed E-state index contributed by atoms with van der Waals surface area (Å²) < 4.78 is 10.8. The molecule has 1 aromatic carbocycles. The Morgan fingerprint density at radius 1 is 0.543 bits per heavy atom. The van der Waals surface area contributed by atoms with Crippen LogP contribution in [0.1, 0.15) is 108 Å². The van der Waals surface area contributed by atoms with Gasteiger partial charge in [-0.15, -0.1) is 0 Å². The zero-order valence-corrected chi connectivity index (χ0v) is 22.6. The van der Waals surface area contributed by atoms with Crippen LogP contribution < -0.4 is 0 Å². The molecule has 0 unspecified atom stereocenters. The minimum atomic E-state index is 0.710. The van der Waals surface area contributed by atoms with Crippen LogP contribution in [0.2, 0.25) is 0 Å². The van der Waals surface area contributed by atoms with Gasteiger partial charge in [-0.25, -0.2) is 9.97 Å². The molecule has 1 heterocycles. The van der Waals surface area contributed by atoms with Crippen LogP contribution >= 0.6 is 0 Å². The van der Waals surface area contributed by atoms with Crippen LogP contribution in [-0.2, 0) is 22.3 Å². The standard InChI is InChI=1S/C31H50N2O2/c1-3-5-6-7-8-9-11-14-17-28-19-21-30(22-20-28)31-32-26-29(27-33-31)18-15-12-10-13-16-23-35-25-24-34-4-2/h19-22,26-27H,3-18,23-25H2,1-2H3. The molecule has 0 saturated heterocycles. The molecule has 0 fully saturated rings. The van der Waals surface area contributed by atoms with E-state index in [0.29, 0.717) is 13.2 Å². The van der Waals surface area contributed by atoms with Gasteiger partial charge in [0.25, 0.3) is 0 Å². The van der Waals surface area contributed by atoms with Crippen molar-refractivity contribution < 1.29 is 9.47 Å². The zero-order valence-electron chi connectivity index (χ0n) is 22.6. The van der Waals surface area contributed by atoms with Crippen molar-refractivity contribution in [2.45, 2.75) is 110 Å². The molecule has 0 spiro atoms. The third kappa shape index (κ3) is 14.4. The van der Waals surface area contributed by atoms with E-state index in [4.69, 9.17) is 9.47 Å². The number of aryl methyl sites for hydroxylation is 2. The van der Waals surface area contributed by atoms with Gasteiger partial charge in [0, 0.05) is 31.2 Å². The van der Waals surface area contributed by atoms with Gasteiger partial charge in [0.05, 0.1) is 13.2 Å². The molecule has 0 radical (unpaired) electrons. The maximum absolute atomic E-state index is 5.56. The van der Waals surface area contributed by atoms with Crippen LogP contribution in [0.5, 0.6) is 0 Å². The molecule has 0 atom stereocenters. The summed E-state index contributed by atoms with van der Waals surface area (Å²) in [6.45, 7) is 7.33. The summed E-state index contributed by atoms with van der Waals surface area (Å²) in [5, 5.41) is 0. The van der Waals surface area contributed by atoms with Gasteiger partial charge in [0.2, 0.25) is 0 Å². The van der Waals surface area contributed by atoms with Gasteiger partial charge in [-0.3, -0.25) is 0 Å². The largest absolute Gasteiger partial charge is 0.379 e. The number of unbranched alkanes of at least 4 members (excludes halogenated alkanes) is 11. The Hall–Kier alpha value is -1.78. The van der Waals surface area contributed by atoms with E-state index in [-0.39, 0.29) is 0 Å². The van der Waals surface area contributed by atoms with E-state index >= 15 is 0 Å². The van der Waals surface area contributed by atoms with E-state index in [2.05, 4.69) is 41.2 Å². The second-order valence-electron chi connectivity index (χ2n) is 9.66. The molecular weight excluding hydrogens is 432 g/mol. The molecule has 2 rings (SSSR count). The van der Waals surface area contributed by atoms with E-state index < -0.39 is 0 Å². The monoisotopic (exact) mass is 482 g/mol. The Labute approximate surface area is 215 Å². The number of benzene rings is 1. The minimum absolute atomic E-state index is 0.710. The first kappa shape index (κ1) is 29.5. The summed E-state index contributed by atoms with van der Waals surface area (Å²) in [6.07, 6.45) is 23.3. The van der Waals surface area contributed by atoms with Crippen molar-refractivity contribution in [3.63, 3.8) is 0 Å². The number of nitrogens with zero attached hydrogens (tertiary/aromatic N) is 2. The molecule has 2 aromatic rings. The number of ether oxygens (including phenoxy) is 2. The van der Waals surface area contributed by atoms with E-state index in [1.807, 2.05) is 19.3 Å². The fourth-order valence-electron chi connectivity index (χ4n) is 4.34. The van der Waals surface area contributed by atoms with Gasteiger partial charge in [0.15, 0.2) is 5.82 Å². The average molecular weight is 483 g/mol. The van der Waals surface area contributed by atoms with Crippen molar-refractivity contribution in [2.24, 2.45) is 0 Å². The van der Waals surface area contributed by atoms with Crippen molar-refractivity contribution in [1.29, 1.82) is 0 Å². The molecule has 0 aliphatic rings. The van der Waals surface area contributed by atoms with Gasteiger partial charge in [-0.05, 0) is 50.2 Å². The highest BCUT2D eigenvalue weighted by Gasteiger charge is 2.03. The molecule has 1 aromatic heterocycles. The van der Waals surface area contributed by atoms with Gasteiger partial charge < -0.3 is 9.47 Å². The molecule has 0 saturated carbocycles. The smallest absolute Gasteiger partial charge is 0.159 e. The molecule has 196 valence electrons. The number of hydrogen-bond acceptors (Lipinski definition) is 4. The lowest BCUT2D eigenvalue weighted by Crippen LogP contribution is -2.04. The average Bonchev–Trinajstić information content (AvgIpc) is 2.89. The second-order valence-corrected chi connectivity index (χ2v) is 9.66. The van der Waals surface area contributed by atoms with Crippen molar-refractivity contribution >= 4 is 0 Å². The SMILES string of the molecule is CCCCCCCCCCc1ccc(-c2ncc(CCCCCCCOCCOCC)cn2)cc1. The lowest BCUT2D eigenvalue weighted by molar-refractivity contribution is 0.0512. The molecule has 4 nitrogen and oxygen atoms in total. The first-order valence-electron chi connectivity index (χ1n) is 14.4. The van der Waals surface area contributed by atoms with Gasteiger partial charge in [-0.1, -0.05) is 95.4 Å². The molecule has 0 aliphatic carbocycles. The number of hydrogen-bond donors (Lipinski definition) is 0. The molecule has 0 amide bonds. The lowest BCUT2D eigenvalue weighted by Gasteiger charge is -2.06. The molecule has 0 N–H and O–H groups in total. The van der Waals surface area contributed by atoms with Crippen LogP contribution in [0.4, 0.5) is 0 Å². The third-order valence-electron chi connectivity index (χ3n) is 6.57. The highest BCUT2D eigenvalue weighted by atomic mass is 16.5. The fourth-order valence-corrected chi connectivity index (χ4v) is 4.34. The molecule has 35 heavy (non-hydrogen) atoms. The molecule has 4 heteroatoms. The Bertz CT molecular complexity index is 731. The minimum Gasteiger partial charge on any atom is -0.379 e. The highest BCUT2D eigenvalue weighted by Crippen LogP contribution is 2.18. The summed E-state index contributed by atoms with van der Waals surface area (Å²) in [6, 6.07) is 8.85. The van der Waals surface area contributed by atoms with Crippen LogP contribution in [0.3, 0.4) is 0 Å². The van der Waals surface area contributed by atoms with E-state index in [1.165, 1.54) is 94.6 Å². The third-order valence-corrected chi connectivity index (χ3v) is 6.57. The van der Waals surface area contributed by atoms with E-state index in [0.717, 1.165) is 37.4 Å². The molecular formula is C31H50N2O2. The number of rotatable bonds is 22. The predicted octanol–water partition coefficient (Wildman–Crippen LogP) is 8.37. The second kappa shape index (κ2) is 20.4. The Kier molecular flexibility index (Phi) is 17.2. The van der Waals surface area contributed by atoms with Gasteiger partial charge in [-0.2, -0.15) is 0 Å². The Morgan fingerprint density at radius 2 is 1.09 bits per heavy atom. The van der Waals surface area contributed by atoms with Crippen molar-refractivity contribution in [2.75, 3.05) is 26.4 Å².